The standard InChI is InChI=1S/C12H14N4O4S/c1-19-11-7-10(14-12(15-11)20-2)16-21(17,18)9-5-3-8(13)4-6-9/h3-7H,13H2,1-2H3,(H,14,15,16)/i3+1,4+1,5+1,6+1,8+1,9+1. The second-order valence-corrected chi connectivity index (χ2v) is 5.64. The molecule has 0 bridgehead atoms. The molecule has 2 aromatic rings. The van der Waals surface area contributed by atoms with E-state index in [-0.39, 0.29) is 22.6 Å². The number of sulfonamides is 1. The first-order chi connectivity index (χ1) is 9.94. The molecule has 0 amide bonds. The van der Waals surface area contributed by atoms with Crippen LogP contribution in [-0.2, 0) is 10.0 Å². The predicted octanol–water partition coefficient (Wildman–Crippen LogP) is 0.877. The van der Waals surface area contributed by atoms with E-state index in [0.717, 1.165) is 0 Å². The number of nitrogen functional groups attached to an aromatic ring is 1. The lowest BCUT2D eigenvalue weighted by Crippen LogP contribution is -2.14. The molecule has 0 saturated carbocycles. The molecule has 0 saturated heterocycles. The number of nitrogens with zero attached hydrogens (tertiary/aromatic N) is 2. The van der Waals surface area contributed by atoms with Crippen LogP contribution in [0, 0.1) is 0 Å². The largest absolute Gasteiger partial charge is 0.481 e. The van der Waals surface area contributed by atoms with Crippen LogP contribution in [0.1, 0.15) is 0 Å². The van der Waals surface area contributed by atoms with Gasteiger partial charge in [0.05, 0.1) is 19.1 Å². The molecule has 0 aliphatic rings. The number of hydrogen-bond acceptors (Lipinski definition) is 7. The molecule has 0 radical (unpaired) electrons. The van der Waals surface area contributed by atoms with Crippen LogP contribution in [0.3, 0.4) is 0 Å². The number of nitrogens with one attached hydrogen (secondary N) is 1. The Labute approximate surface area is 122 Å². The highest BCUT2D eigenvalue weighted by atomic mass is 32.2. The minimum Gasteiger partial charge on any atom is -0.481 e. The summed E-state index contributed by atoms with van der Waals surface area (Å²) in [5.41, 5.74) is 6.00. The lowest BCUT2D eigenvalue weighted by molar-refractivity contribution is 0.353. The summed E-state index contributed by atoms with van der Waals surface area (Å²) in [5.74, 6) is 0.215. The first-order valence-electron chi connectivity index (χ1n) is 5.80. The van der Waals surface area contributed by atoms with E-state index >= 15 is 0 Å². The van der Waals surface area contributed by atoms with Crippen LogP contribution in [0.25, 0.3) is 0 Å². The van der Waals surface area contributed by atoms with E-state index in [4.69, 9.17) is 15.2 Å². The van der Waals surface area contributed by atoms with Crippen LogP contribution in [0.2, 0.25) is 0 Å². The predicted molar refractivity (Wildman–Crippen MR) is 76.8 cm³/mol. The number of aromatic nitrogens is 2. The van der Waals surface area contributed by atoms with Crippen LogP contribution in [0.5, 0.6) is 11.9 Å². The Morgan fingerprint density at radius 2 is 1.76 bits per heavy atom. The maximum absolute atomic E-state index is 12.2. The van der Waals surface area contributed by atoms with Crippen molar-refractivity contribution < 1.29 is 17.9 Å². The minimum absolute atomic E-state index is 0.00986. The van der Waals surface area contributed by atoms with Crippen LogP contribution in [-0.4, -0.2) is 32.6 Å². The van der Waals surface area contributed by atoms with Gasteiger partial charge in [-0.05, 0) is 24.3 Å². The van der Waals surface area contributed by atoms with Gasteiger partial charge in [0.15, 0.2) is 5.82 Å². The third-order valence-electron chi connectivity index (χ3n) is 2.50. The van der Waals surface area contributed by atoms with E-state index in [1.807, 2.05) is 0 Å². The SMILES string of the molecule is COc1cc(NS(=O)(=O)[13c]2[13cH][13cH][13c](N)[13cH][13cH]2)nc(OC)n1. The van der Waals surface area contributed by atoms with Gasteiger partial charge < -0.3 is 15.2 Å². The second kappa shape index (κ2) is 5.83. The van der Waals surface area contributed by atoms with Gasteiger partial charge in [-0.3, -0.25) is 4.72 Å². The Morgan fingerprint density at radius 1 is 1.10 bits per heavy atom. The molecule has 0 aliphatic carbocycles. The first kappa shape index (κ1) is 14.9. The van der Waals surface area contributed by atoms with E-state index in [0.29, 0.717) is 5.69 Å². The molecule has 1 aromatic carbocycles. The molecule has 2 rings (SSSR count). The molecular weight excluding hydrogens is 302 g/mol. The first-order valence-corrected chi connectivity index (χ1v) is 7.28. The molecule has 0 spiro atoms. The van der Waals surface area contributed by atoms with Gasteiger partial charge >= 0.3 is 6.01 Å². The van der Waals surface area contributed by atoms with Crippen LogP contribution >= 0.6 is 0 Å². The van der Waals surface area contributed by atoms with Gasteiger partial charge in [-0.1, -0.05) is 0 Å². The third-order valence-corrected chi connectivity index (χ3v) is 3.87. The summed E-state index contributed by atoms with van der Waals surface area (Å²) in [6, 6.07) is 7.12. The van der Waals surface area contributed by atoms with E-state index in [9.17, 15) is 8.42 Å². The average Bonchev–Trinajstić information content (AvgIpc) is 2.46. The van der Waals surface area contributed by atoms with Crippen molar-refractivity contribution in [2.24, 2.45) is 0 Å². The average molecular weight is 316 g/mol. The molecule has 8 nitrogen and oxygen atoms in total. The van der Waals surface area contributed by atoms with Gasteiger partial charge in [0.1, 0.15) is 0 Å². The summed E-state index contributed by atoms with van der Waals surface area (Å²) < 4.78 is 36.6. The fourth-order valence-electron chi connectivity index (χ4n) is 1.50. The molecule has 0 fully saturated rings. The van der Waals surface area contributed by atoms with E-state index in [2.05, 4.69) is 14.7 Å². The summed E-state index contributed by atoms with van der Waals surface area (Å²) in [7, 11) is -1.02. The summed E-state index contributed by atoms with van der Waals surface area (Å²) in [6.45, 7) is 0. The molecule has 1 heterocycles. The van der Waals surface area contributed by atoms with Crippen molar-refractivity contribution in [2.75, 3.05) is 24.7 Å². The maximum atomic E-state index is 12.2. The number of rotatable bonds is 5. The van der Waals surface area contributed by atoms with Crippen LogP contribution in [0.4, 0.5) is 11.5 Å². The number of nitrogens with two attached hydrogens (primary N) is 1. The monoisotopic (exact) mass is 316 g/mol. The van der Waals surface area contributed by atoms with E-state index in [1.54, 1.807) is 0 Å². The molecule has 0 aliphatic heterocycles. The van der Waals surface area contributed by atoms with E-state index in [1.165, 1.54) is 44.6 Å². The summed E-state index contributed by atoms with van der Waals surface area (Å²) in [6.07, 6.45) is 0. The number of benzene rings is 1. The molecule has 9 heteroatoms. The molecule has 0 unspecified atom stereocenters. The van der Waals surface area contributed by atoms with Crippen LogP contribution in [0.15, 0.2) is 35.2 Å². The smallest absolute Gasteiger partial charge is 0.321 e. The molecule has 21 heavy (non-hydrogen) atoms. The Balaban J connectivity index is 2.34. The molecule has 3 N–H and O–H groups in total. The molecule has 1 aromatic heterocycles. The summed E-state index contributed by atoms with van der Waals surface area (Å²) in [4.78, 5) is 7.84. The highest BCUT2D eigenvalue weighted by Crippen LogP contribution is 2.20. The molecule has 0 atom stereocenters. The summed E-state index contributed by atoms with van der Waals surface area (Å²) in [5, 5.41) is 0. The van der Waals surface area contributed by atoms with Crippen molar-refractivity contribution in [3.05, 3.63) is 30.3 Å². The van der Waals surface area contributed by atoms with Gasteiger partial charge in [0.2, 0.25) is 5.88 Å². The lowest BCUT2D eigenvalue weighted by atomic mass is 10.6. The van der Waals surface area contributed by atoms with Crippen molar-refractivity contribution in [2.45, 2.75) is 4.90 Å². The Hall–Kier alpha value is -2.55. The van der Waals surface area contributed by atoms with Gasteiger partial charge in [-0.2, -0.15) is 9.97 Å². The fourth-order valence-corrected chi connectivity index (χ4v) is 2.49. The number of ether oxygens (including phenoxy) is 2. The van der Waals surface area contributed by atoms with Crippen molar-refractivity contribution in [3.8, 4) is 11.9 Å². The quantitative estimate of drug-likeness (QED) is 0.786. The van der Waals surface area contributed by atoms with Gasteiger partial charge in [-0.25, -0.2) is 8.42 Å². The van der Waals surface area contributed by atoms with Crippen molar-refractivity contribution in [1.82, 2.24) is 9.97 Å². The molecular formula is C12H14N4O4S. The minimum atomic E-state index is -3.79. The zero-order valence-electron chi connectivity index (χ0n) is 11.4. The topological polar surface area (TPSA) is 116 Å². The number of anilines is 2. The Bertz CT molecular complexity index is 709. The van der Waals surface area contributed by atoms with Crippen molar-refractivity contribution >= 4 is 21.5 Å². The normalized spacial score (nSPS) is 11.0. The van der Waals surface area contributed by atoms with Crippen molar-refractivity contribution in [3.63, 3.8) is 0 Å². The summed E-state index contributed by atoms with van der Waals surface area (Å²) >= 11 is 0. The van der Waals surface area contributed by atoms with Crippen molar-refractivity contribution in [1.29, 1.82) is 0 Å². The zero-order chi connectivity index (χ0) is 15.5. The zero-order valence-corrected chi connectivity index (χ0v) is 12.2. The highest BCUT2D eigenvalue weighted by molar-refractivity contribution is 7.92. The van der Waals surface area contributed by atoms with E-state index < -0.39 is 10.0 Å². The number of methoxy groups -OCH3 is 2. The number of hydrogen-bond donors (Lipinski definition) is 2. The lowest BCUT2D eigenvalue weighted by Gasteiger charge is -2.09. The van der Waals surface area contributed by atoms with Gasteiger partial charge in [0.25, 0.3) is 10.0 Å². The highest BCUT2D eigenvalue weighted by Gasteiger charge is 2.16. The Morgan fingerprint density at radius 3 is 2.33 bits per heavy atom. The fraction of sp³-hybridized carbons (Fsp3) is 0.167. The van der Waals surface area contributed by atoms with Gasteiger partial charge in [-0.15, -0.1) is 0 Å². The maximum Gasteiger partial charge on any atom is 0.321 e. The van der Waals surface area contributed by atoms with Gasteiger partial charge in [0, 0.05) is 11.8 Å². The molecule has 112 valence electrons. The van der Waals surface area contributed by atoms with Crippen LogP contribution < -0.4 is 19.9 Å². The third kappa shape index (κ3) is 3.51. The second-order valence-electron chi connectivity index (χ2n) is 3.96. The Kier molecular flexibility index (Phi) is 4.13.